The zero-order valence-corrected chi connectivity index (χ0v) is 17.7. The van der Waals surface area contributed by atoms with Crippen LogP contribution in [0.15, 0.2) is 23.2 Å². The van der Waals surface area contributed by atoms with Crippen LogP contribution in [0.3, 0.4) is 0 Å². The number of ether oxygens (including phenoxy) is 1. The summed E-state index contributed by atoms with van der Waals surface area (Å²) >= 11 is 12.1. The van der Waals surface area contributed by atoms with Gasteiger partial charge in [0.25, 0.3) is 0 Å². The summed E-state index contributed by atoms with van der Waals surface area (Å²) in [5, 5.41) is 4.40. The van der Waals surface area contributed by atoms with Crippen molar-refractivity contribution in [2.75, 3.05) is 40.8 Å². The minimum atomic E-state index is -0.0499. The van der Waals surface area contributed by atoms with Gasteiger partial charge in [-0.2, -0.15) is 0 Å². The van der Waals surface area contributed by atoms with Crippen molar-refractivity contribution in [2.24, 2.45) is 4.99 Å². The number of halogens is 2. The van der Waals surface area contributed by atoms with E-state index in [0.717, 1.165) is 25.0 Å². The summed E-state index contributed by atoms with van der Waals surface area (Å²) in [6, 6.07) is 5.55. The van der Waals surface area contributed by atoms with Gasteiger partial charge < -0.3 is 19.9 Å². The van der Waals surface area contributed by atoms with Gasteiger partial charge in [-0.25, -0.2) is 4.99 Å². The molecule has 2 rings (SSSR count). The largest absolute Gasteiger partial charge is 0.376 e. The molecule has 8 heteroatoms. The Labute approximate surface area is 171 Å². The monoisotopic (exact) mass is 414 g/mol. The number of nitrogens with one attached hydrogen (secondary N) is 1. The predicted octanol–water partition coefficient (Wildman–Crippen LogP) is 3.03. The van der Waals surface area contributed by atoms with Crippen LogP contribution in [0.2, 0.25) is 10.0 Å². The SMILES string of the molecule is CN(C)C(=O)CN=C(NCC1CCCCO1)N(C)Cc1ccc(Cl)c(Cl)c1. The molecule has 1 heterocycles. The third-order valence-corrected chi connectivity index (χ3v) is 5.13. The van der Waals surface area contributed by atoms with Crippen molar-refractivity contribution in [3.05, 3.63) is 33.8 Å². The van der Waals surface area contributed by atoms with Gasteiger partial charge >= 0.3 is 0 Å². The number of likely N-dealkylation sites (N-methyl/N-ethyl adjacent to an activating group) is 1. The van der Waals surface area contributed by atoms with Crippen molar-refractivity contribution in [3.63, 3.8) is 0 Å². The fourth-order valence-corrected chi connectivity index (χ4v) is 3.08. The van der Waals surface area contributed by atoms with Crippen LogP contribution >= 0.6 is 23.2 Å². The zero-order valence-electron chi connectivity index (χ0n) is 16.2. The van der Waals surface area contributed by atoms with Gasteiger partial charge in [-0.05, 0) is 37.0 Å². The first kappa shape index (κ1) is 21.8. The summed E-state index contributed by atoms with van der Waals surface area (Å²) in [4.78, 5) is 19.9. The second-order valence-corrected chi connectivity index (χ2v) is 7.72. The van der Waals surface area contributed by atoms with Crippen LogP contribution in [0, 0.1) is 0 Å². The number of guanidine groups is 1. The van der Waals surface area contributed by atoms with Crippen LogP contribution in [0.5, 0.6) is 0 Å². The van der Waals surface area contributed by atoms with Gasteiger partial charge in [0.1, 0.15) is 6.54 Å². The number of rotatable bonds is 6. The summed E-state index contributed by atoms with van der Waals surface area (Å²) in [7, 11) is 5.37. The highest BCUT2D eigenvalue weighted by molar-refractivity contribution is 6.42. The summed E-state index contributed by atoms with van der Waals surface area (Å²) in [6.45, 7) is 2.15. The molecule has 1 N–H and O–H groups in total. The molecule has 0 aliphatic carbocycles. The molecule has 1 atom stereocenters. The van der Waals surface area contributed by atoms with E-state index in [1.54, 1.807) is 20.2 Å². The highest BCUT2D eigenvalue weighted by Gasteiger charge is 2.16. The average molecular weight is 415 g/mol. The van der Waals surface area contributed by atoms with E-state index in [-0.39, 0.29) is 18.6 Å². The molecule has 0 radical (unpaired) electrons. The highest BCUT2D eigenvalue weighted by Crippen LogP contribution is 2.23. The Morgan fingerprint density at radius 2 is 2.04 bits per heavy atom. The summed E-state index contributed by atoms with van der Waals surface area (Å²) in [5.74, 6) is 0.608. The lowest BCUT2D eigenvalue weighted by atomic mass is 10.1. The molecule has 1 aromatic carbocycles. The van der Waals surface area contributed by atoms with Crippen molar-refractivity contribution in [1.29, 1.82) is 0 Å². The molecule has 1 saturated heterocycles. The van der Waals surface area contributed by atoms with Gasteiger partial charge in [-0.15, -0.1) is 0 Å². The first-order chi connectivity index (χ1) is 12.9. The van der Waals surface area contributed by atoms with E-state index in [1.807, 2.05) is 24.1 Å². The molecule has 1 aliphatic heterocycles. The smallest absolute Gasteiger partial charge is 0.243 e. The van der Waals surface area contributed by atoms with Crippen LogP contribution in [0.4, 0.5) is 0 Å². The first-order valence-corrected chi connectivity index (χ1v) is 9.87. The highest BCUT2D eigenvalue weighted by atomic mass is 35.5. The molecule has 0 aromatic heterocycles. The Morgan fingerprint density at radius 3 is 2.67 bits per heavy atom. The van der Waals surface area contributed by atoms with Gasteiger partial charge in [-0.1, -0.05) is 29.3 Å². The van der Waals surface area contributed by atoms with E-state index in [9.17, 15) is 4.79 Å². The molecule has 1 fully saturated rings. The third kappa shape index (κ3) is 7.20. The summed E-state index contributed by atoms with van der Waals surface area (Å²) < 4.78 is 5.78. The summed E-state index contributed by atoms with van der Waals surface area (Å²) in [5.41, 5.74) is 1.01. The molecular weight excluding hydrogens is 387 g/mol. The molecule has 0 bridgehead atoms. The van der Waals surface area contributed by atoms with E-state index >= 15 is 0 Å². The van der Waals surface area contributed by atoms with Crippen molar-refractivity contribution >= 4 is 35.1 Å². The van der Waals surface area contributed by atoms with Crippen molar-refractivity contribution in [3.8, 4) is 0 Å². The lowest BCUT2D eigenvalue weighted by Gasteiger charge is -2.27. The standard InChI is InChI=1S/C19H28Cl2N4O2/c1-24(2)18(26)12-23-19(22-11-15-6-4-5-9-27-15)25(3)13-14-7-8-16(20)17(21)10-14/h7-8,10,15H,4-6,9,11-13H2,1-3H3,(H,22,23). The maximum absolute atomic E-state index is 11.9. The zero-order chi connectivity index (χ0) is 19.8. The van der Waals surface area contributed by atoms with E-state index in [4.69, 9.17) is 27.9 Å². The van der Waals surface area contributed by atoms with Crippen LogP contribution in [0.1, 0.15) is 24.8 Å². The van der Waals surface area contributed by atoms with Gasteiger partial charge in [-0.3, -0.25) is 4.79 Å². The maximum atomic E-state index is 11.9. The van der Waals surface area contributed by atoms with Crippen LogP contribution in [-0.4, -0.2) is 68.6 Å². The lowest BCUT2D eigenvalue weighted by Crippen LogP contribution is -2.43. The number of benzene rings is 1. The maximum Gasteiger partial charge on any atom is 0.243 e. The Balaban J connectivity index is 2.04. The second kappa shape index (κ2) is 10.7. The molecule has 150 valence electrons. The Bertz CT molecular complexity index is 661. The minimum Gasteiger partial charge on any atom is -0.376 e. The van der Waals surface area contributed by atoms with E-state index in [1.165, 1.54) is 11.3 Å². The Kier molecular flexibility index (Phi) is 8.67. The Hall–Kier alpha value is -1.50. The predicted molar refractivity (Wildman–Crippen MR) is 111 cm³/mol. The van der Waals surface area contributed by atoms with E-state index < -0.39 is 0 Å². The number of nitrogens with zero attached hydrogens (tertiary/aromatic N) is 3. The molecular formula is C19H28Cl2N4O2. The van der Waals surface area contributed by atoms with Crippen LogP contribution < -0.4 is 5.32 Å². The molecule has 1 unspecified atom stereocenters. The summed E-state index contributed by atoms with van der Waals surface area (Å²) in [6.07, 6.45) is 3.50. The van der Waals surface area contributed by atoms with Crippen LogP contribution in [-0.2, 0) is 16.1 Å². The number of aliphatic imine (C=N–C) groups is 1. The van der Waals surface area contributed by atoms with Gasteiger partial charge in [0.05, 0.1) is 16.1 Å². The number of carbonyl (C=O) groups excluding carboxylic acids is 1. The number of hydrogen-bond donors (Lipinski definition) is 1. The molecule has 6 nitrogen and oxygen atoms in total. The van der Waals surface area contributed by atoms with Gasteiger partial charge in [0, 0.05) is 40.8 Å². The third-order valence-electron chi connectivity index (χ3n) is 4.39. The fourth-order valence-electron chi connectivity index (χ4n) is 2.76. The molecule has 1 amide bonds. The Morgan fingerprint density at radius 1 is 1.26 bits per heavy atom. The van der Waals surface area contributed by atoms with E-state index in [2.05, 4.69) is 10.3 Å². The minimum absolute atomic E-state index is 0.0499. The second-order valence-electron chi connectivity index (χ2n) is 6.90. The molecule has 1 aromatic rings. The number of carbonyl (C=O) groups is 1. The average Bonchev–Trinajstić information content (AvgIpc) is 2.65. The van der Waals surface area contributed by atoms with Gasteiger partial charge in [0.15, 0.2) is 5.96 Å². The fraction of sp³-hybridized carbons (Fsp3) is 0.579. The molecule has 1 aliphatic rings. The topological polar surface area (TPSA) is 57.2 Å². The molecule has 0 saturated carbocycles. The number of amides is 1. The lowest BCUT2D eigenvalue weighted by molar-refractivity contribution is -0.127. The van der Waals surface area contributed by atoms with Crippen LogP contribution in [0.25, 0.3) is 0 Å². The quantitative estimate of drug-likeness (QED) is 0.573. The van der Waals surface area contributed by atoms with Gasteiger partial charge in [0.2, 0.25) is 5.91 Å². The van der Waals surface area contributed by atoms with Crippen molar-refractivity contribution < 1.29 is 9.53 Å². The van der Waals surface area contributed by atoms with Crippen molar-refractivity contribution in [2.45, 2.75) is 31.9 Å². The van der Waals surface area contributed by atoms with E-state index in [0.29, 0.717) is 29.1 Å². The molecule has 27 heavy (non-hydrogen) atoms. The first-order valence-electron chi connectivity index (χ1n) is 9.12. The van der Waals surface area contributed by atoms with Crippen molar-refractivity contribution in [1.82, 2.24) is 15.1 Å². The molecule has 0 spiro atoms. The number of hydrogen-bond acceptors (Lipinski definition) is 3. The normalized spacial score (nSPS) is 17.5.